The fourth-order valence-corrected chi connectivity index (χ4v) is 2.50. The fourth-order valence-electron chi connectivity index (χ4n) is 2.50. The third kappa shape index (κ3) is 2.50. The molecule has 0 radical (unpaired) electrons. The van der Waals surface area contributed by atoms with Crippen LogP contribution >= 0.6 is 0 Å². The smallest absolute Gasteiger partial charge is 0.259 e. The second-order valence-electron chi connectivity index (χ2n) is 6.16. The molecule has 122 valence electrons. The molecule has 8 nitrogen and oxygen atoms in total. The number of ether oxygens (including phenoxy) is 1. The molecule has 8 heteroatoms. The van der Waals surface area contributed by atoms with E-state index in [-0.39, 0.29) is 0 Å². The summed E-state index contributed by atoms with van der Waals surface area (Å²) < 4.78 is 11.1. The minimum absolute atomic E-state index is 0.337. The standard InChI is InChI=1S/C16H15N5O3/c1-16(2)12(22)4-9-3-10(7-19-14(9)23-16)15-20-13(21-24-15)11-5-17-8-18-6-11/h3,5-8,12,22H,4H2,1-2H3/t12-/m1/s1. The Labute approximate surface area is 137 Å². The third-order valence-electron chi connectivity index (χ3n) is 3.99. The summed E-state index contributed by atoms with van der Waals surface area (Å²) in [6.07, 6.45) is 6.12. The van der Waals surface area contributed by atoms with Crippen LogP contribution in [0.15, 0.2) is 35.5 Å². The SMILES string of the molecule is CC1(C)Oc2ncc(-c3nc(-c4cncnc4)no3)cc2C[C@H]1O. The van der Waals surface area contributed by atoms with Crippen LogP contribution < -0.4 is 4.74 Å². The molecule has 3 aromatic rings. The molecule has 0 fully saturated rings. The summed E-state index contributed by atoms with van der Waals surface area (Å²) in [5.74, 6) is 1.26. The van der Waals surface area contributed by atoms with E-state index in [0.29, 0.717) is 35.1 Å². The van der Waals surface area contributed by atoms with Gasteiger partial charge in [0.25, 0.3) is 5.89 Å². The number of aliphatic hydroxyl groups excluding tert-OH is 1. The van der Waals surface area contributed by atoms with Crippen molar-refractivity contribution in [1.82, 2.24) is 25.1 Å². The Balaban J connectivity index is 1.67. The van der Waals surface area contributed by atoms with E-state index in [1.807, 2.05) is 19.9 Å². The van der Waals surface area contributed by atoms with E-state index in [2.05, 4.69) is 25.1 Å². The first-order chi connectivity index (χ1) is 11.5. The molecule has 0 saturated carbocycles. The molecule has 0 aliphatic carbocycles. The Morgan fingerprint density at radius 3 is 2.75 bits per heavy atom. The number of hydrogen-bond donors (Lipinski definition) is 1. The molecule has 24 heavy (non-hydrogen) atoms. The van der Waals surface area contributed by atoms with Crippen molar-refractivity contribution < 1.29 is 14.4 Å². The molecule has 4 heterocycles. The lowest BCUT2D eigenvalue weighted by Gasteiger charge is -2.36. The molecule has 4 rings (SSSR count). The summed E-state index contributed by atoms with van der Waals surface area (Å²) in [5.41, 5.74) is 1.48. The number of aromatic nitrogens is 5. The number of fused-ring (bicyclic) bond motifs is 1. The van der Waals surface area contributed by atoms with Crippen molar-refractivity contribution in [1.29, 1.82) is 0 Å². The highest BCUT2D eigenvalue weighted by Crippen LogP contribution is 2.34. The molecular formula is C16H15N5O3. The lowest BCUT2D eigenvalue weighted by Crippen LogP contribution is -2.46. The maximum Gasteiger partial charge on any atom is 0.259 e. The molecular weight excluding hydrogens is 310 g/mol. The van der Waals surface area contributed by atoms with E-state index in [1.54, 1.807) is 18.6 Å². The van der Waals surface area contributed by atoms with Gasteiger partial charge in [-0.1, -0.05) is 5.16 Å². The van der Waals surface area contributed by atoms with Gasteiger partial charge < -0.3 is 14.4 Å². The largest absolute Gasteiger partial charge is 0.469 e. The zero-order valence-electron chi connectivity index (χ0n) is 13.2. The molecule has 1 aliphatic rings. The predicted molar refractivity (Wildman–Crippen MR) is 83.0 cm³/mol. The molecule has 0 spiro atoms. The van der Waals surface area contributed by atoms with Crippen molar-refractivity contribution in [2.75, 3.05) is 0 Å². The first-order valence-electron chi connectivity index (χ1n) is 7.48. The number of rotatable bonds is 2. The molecule has 0 bridgehead atoms. The second kappa shape index (κ2) is 5.34. The summed E-state index contributed by atoms with van der Waals surface area (Å²) in [7, 11) is 0. The highest BCUT2D eigenvalue weighted by molar-refractivity contribution is 5.59. The summed E-state index contributed by atoms with van der Waals surface area (Å²) >= 11 is 0. The van der Waals surface area contributed by atoms with E-state index < -0.39 is 11.7 Å². The van der Waals surface area contributed by atoms with Crippen molar-refractivity contribution in [2.45, 2.75) is 32.0 Å². The number of nitrogens with zero attached hydrogens (tertiary/aromatic N) is 5. The van der Waals surface area contributed by atoms with Gasteiger partial charge in [0, 0.05) is 30.6 Å². The van der Waals surface area contributed by atoms with Crippen LogP contribution in [0.4, 0.5) is 0 Å². The molecule has 0 unspecified atom stereocenters. The van der Waals surface area contributed by atoms with Gasteiger partial charge in [0.05, 0.1) is 17.2 Å². The minimum atomic E-state index is -0.660. The summed E-state index contributed by atoms with van der Waals surface area (Å²) in [6.45, 7) is 3.67. The lowest BCUT2D eigenvalue weighted by atomic mass is 9.92. The Kier molecular flexibility index (Phi) is 3.27. The van der Waals surface area contributed by atoms with Gasteiger partial charge in [-0.25, -0.2) is 15.0 Å². The molecule has 3 aromatic heterocycles. The average Bonchev–Trinajstić information content (AvgIpc) is 3.06. The van der Waals surface area contributed by atoms with Gasteiger partial charge in [0.2, 0.25) is 11.7 Å². The molecule has 1 aliphatic heterocycles. The summed E-state index contributed by atoms with van der Waals surface area (Å²) in [6, 6.07) is 1.85. The van der Waals surface area contributed by atoms with Gasteiger partial charge in [-0.2, -0.15) is 4.98 Å². The van der Waals surface area contributed by atoms with Gasteiger partial charge >= 0.3 is 0 Å². The molecule has 1 N–H and O–H groups in total. The van der Waals surface area contributed by atoms with Crippen molar-refractivity contribution in [2.24, 2.45) is 0 Å². The maximum atomic E-state index is 10.2. The van der Waals surface area contributed by atoms with E-state index in [1.165, 1.54) is 6.33 Å². The van der Waals surface area contributed by atoms with Crippen molar-refractivity contribution in [3.8, 4) is 28.7 Å². The van der Waals surface area contributed by atoms with E-state index in [0.717, 1.165) is 5.56 Å². The van der Waals surface area contributed by atoms with Crippen molar-refractivity contribution in [3.05, 3.63) is 36.5 Å². The predicted octanol–water partition coefficient (Wildman–Crippen LogP) is 1.66. The quantitative estimate of drug-likeness (QED) is 0.758. The van der Waals surface area contributed by atoms with Gasteiger partial charge in [-0.05, 0) is 19.9 Å². The molecule has 0 aromatic carbocycles. The molecule has 0 saturated heterocycles. The topological polar surface area (TPSA) is 107 Å². The van der Waals surface area contributed by atoms with Crippen LogP contribution in [0, 0.1) is 0 Å². The Hall–Kier alpha value is -2.87. The molecule has 0 amide bonds. The second-order valence-corrected chi connectivity index (χ2v) is 6.16. The van der Waals surface area contributed by atoms with Gasteiger partial charge in [0.1, 0.15) is 11.9 Å². The fraction of sp³-hybridized carbons (Fsp3) is 0.312. The summed E-state index contributed by atoms with van der Waals surface area (Å²) in [5, 5.41) is 14.1. The Bertz CT molecular complexity index is 878. The first-order valence-corrected chi connectivity index (χ1v) is 7.48. The zero-order valence-corrected chi connectivity index (χ0v) is 13.2. The van der Waals surface area contributed by atoms with Gasteiger partial charge in [-0.15, -0.1) is 0 Å². The maximum absolute atomic E-state index is 10.2. The number of pyridine rings is 1. The molecule has 1 atom stereocenters. The van der Waals surface area contributed by atoms with Gasteiger partial charge in [-0.3, -0.25) is 0 Å². The third-order valence-corrected chi connectivity index (χ3v) is 3.99. The minimum Gasteiger partial charge on any atom is -0.469 e. The Morgan fingerprint density at radius 1 is 1.17 bits per heavy atom. The highest BCUT2D eigenvalue weighted by Gasteiger charge is 2.36. The van der Waals surface area contributed by atoms with Gasteiger partial charge in [0.15, 0.2) is 0 Å². The first kappa shape index (κ1) is 14.7. The van der Waals surface area contributed by atoms with Crippen LogP contribution in [0.3, 0.4) is 0 Å². The Morgan fingerprint density at radius 2 is 1.96 bits per heavy atom. The van der Waals surface area contributed by atoms with Crippen molar-refractivity contribution in [3.63, 3.8) is 0 Å². The van der Waals surface area contributed by atoms with E-state index in [9.17, 15) is 5.11 Å². The lowest BCUT2D eigenvalue weighted by molar-refractivity contribution is -0.0442. The number of aliphatic hydroxyl groups is 1. The van der Waals surface area contributed by atoms with Crippen molar-refractivity contribution >= 4 is 0 Å². The zero-order chi connectivity index (χ0) is 16.7. The van der Waals surface area contributed by atoms with E-state index in [4.69, 9.17) is 9.26 Å². The van der Waals surface area contributed by atoms with Crippen LogP contribution in [0.2, 0.25) is 0 Å². The highest BCUT2D eigenvalue weighted by atomic mass is 16.5. The monoisotopic (exact) mass is 325 g/mol. The number of hydrogen-bond acceptors (Lipinski definition) is 8. The van der Waals surface area contributed by atoms with Crippen LogP contribution in [0.1, 0.15) is 19.4 Å². The van der Waals surface area contributed by atoms with Crippen LogP contribution in [-0.4, -0.2) is 41.9 Å². The van der Waals surface area contributed by atoms with Crippen LogP contribution in [0.25, 0.3) is 22.8 Å². The van der Waals surface area contributed by atoms with Crippen LogP contribution in [-0.2, 0) is 6.42 Å². The summed E-state index contributed by atoms with van der Waals surface area (Å²) in [4.78, 5) is 16.5. The average molecular weight is 325 g/mol. The van der Waals surface area contributed by atoms with E-state index >= 15 is 0 Å². The van der Waals surface area contributed by atoms with Crippen LogP contribution in [0.5, 0.6) is 5.88 Å². The normalized spacial score (nSPS) is 18.7.